The number of benzene rings is 1. The zero-order chi connectivity index (χ0) is 18.4. The fraction of sp³-hybridized carbons (Fsp3) is 0.550. The number of hydrogen-bond acceptors (Lipinski definition) is 3. The Morgan fingerprint density at radius 3 is 2.08 bits per heavy atom. The largest absolute Gasteiger partial charge is 0.493 e. The molecule has 1 aromatic rings. The zero-order valence-corrected chi connectivity index (χ0v) is 16.1. The van der Waals surface area contributed by atoms with Crippen LogP contribution in [0.1, 0.15) is 58.4 Å². The van der Waals surface area contributed by atoms with Gasteiger partial charge in [-0.2, -0.15) is 0 Å². The molecule has 0 bridgehead atoms. The van der Waals surface area contributed by atoms with Gasteiger partial charge >= 0.3 is 0 Å². The maximum Gasteiger partial charge on any atom is 0.246 e. The van der Waals surface area contributed by atoms with Crippen molar-refractivity contribution < 1.29 is 14.3 Å². The second-order valence-corrected chi connectivity index (χ2v) is 5.58. The van der Waals surface area contributed by atoms with Gasteiger partial charge in [0.2, 0.25) is 5.91 Å². The second-order valence-electron chi connectivity index (χ2n) is 5.58. The van der Waals surface area contributed by atoms with Crippen molar-refractivity contribution in [3.05, 3.63) is 29.3 Å². The van der Waals surface area contributed by atoms with E-state index in [-0.39, 0.29) is 5.91 Å². The number of ether oxygens (including phenoxy) is 2. The minimum Gasteiger partial charge on any atom is -0.493 e. The predicted molar refractivity (Wildman–Crippen MR) is 102 cm³/mol. The summed E-state index contributed by atoms with van der Waals surface area (Å²) >= 11 is 0. The van der Waals surface area contributed by atoms with Gasteiger partial charge in [0.15, 0.2) is 11.5 Å². The van der Waals surface area contributed by atoms with Crippen molar-refractivity contribution in [2.24, 2.45) is 0 Å². The first-order valence-corrected chi connectivity index (χ1v) is 8.66. The lowest BCUT2D eigenvalue weighted by Gasteiger charge is -2.08. The van der Waals surface area contributed by atoms with Gasteiger partial charge in [-0.15, -0.1) is 0 Å². The minimum absolute atomic E-state index is 0.0974. The molecule has 1 rings (SSSR count). The standard InChI is InChI=1S/C13H17NO3.C7H16/c1-9(13(15)14-2)7-10-5-6-11(16-3)12(8-10)17-4;1-3-5-7-6-4-2/h5-8H,1-4H3,(H,14,15);3-7H2,1-2H3/b9-7+;. The lowest BCUT2D eigenvalue weighted by molar-refractivity contribution is -0.116. The van der Waals surface area contributed by atoms with Crippen LogP contribution in [0, 0.1) is 0 Å². The normalized spacial score (nSPS) is 10.5. The van der Waals surface area contributed by atoms with Gasteiger partial charge in [0.1, 0.15) is 0 Å². The van der Waals surface area contributed by atoms with Crippen LogP contribution in [0.25, 0.3) is 6.08 Å². The van der Waals surface area contributed by atoms with Gasteiger partial charge in [-0.1, -0.05) is 52.0 Å². The molecule has 0 aromatic heterocycles. The van der Waals surface area contributed by atoms with Gasteiger partial charge in [-0.25, -0.2) is 0 Å². The van der Waals surface area contributed by atoms with Crippen molar-refractivity contribution >= 4 is 12.0 Å². The molecule has 0 aliphatic carbocycles. The highest BCUT2D eigenvalue weighted by atomic mass is 16.5. The molecule has 0 saturated carbocycles. The molecule has 136 valence electrons. The number of carbonyl (C=O) groups excluding carboxylic acids is 1. The maximum absolute atomic E-state index is 11.4. The quantitative estimate of drug-likeness (QED) is 0.547. The number of methoxy groups -OCH3 is 2. The van der Waals surface area contributed by atoms with E-state index in [0.29, 0.717) is 17.1 Å². The molecule has 0 aliphatic rings. The van der Waals surface area contributed by atoms with E-state index in [4.69, 9.17) is 9.47 Å². The average molecular weight is 335 g/mol. The van der Waals surface area contributed by atoms with E-state index in [1.165, 1.54) is 32.1 Å². The highest BCUT2D eigenvalue weighted by Gasteiger charge is 2.05. The van der Waals surface area contributed by atoms with Gasteiger partial charge < -0.3 is 14.8 Å². The van der Waals surface area contributed by atoms with Crippen LogP contribution in [-0.4, -0.2) is 27.2 Å². The number of likely N-dealkylation sites (N-methyl/N-ethyl adjacent to an activating group) is 1. The van der Waals surface area contributed by atoms with E-state index in [2.05, 4.69) is 19.2 Å². The topological polar surface area (TPSA) is 47.6 Å². The Hall–Kier alpha value is -1.97. The van der Waals surface area contributed by atoms with E-state index in [9.17, 15) is 4.79 Å². The Morgan fingerprint density at radius 2 is 1.62 bits per heavy atom. The second kappa shape index (κ2) is 13.5. The van der Waals surface area contributed by atoms with Crippen molar-refractivity contribution in [2.45, 2.75) is 52.9 Å². The van der Waals surface area contributed by atoms with Gasteiger partial charge in [0.25, 0.3) is 0 Å². The summed E-state index contributed by atoms with van der Waals surface area (Å²) in [6.45, 7) is 6.25. The van der Waals surface area contributed by atoms with Gasteiger partial charge in [-0.05, 0) is 30.7 Å². The van der Waals surface area contributed by atoms with Crippen molar-refractivity contribution in [1.82, 2.24) is 5.32 Å². The molecule has 0 spiro atoms. The Morgan fingerprint density at radius 1 is 1.04 bits per heavy atom. The summed E-state index contributed by atoms with van der Waals surface area (Å²) in [6, 6.07) is 5.50. The Balaban J connectivity index is 0.000000640. The molecule has 24 heavy (non-hydrogen) atoms. The van der Waals surface area contributed by atoms with Crippen LogP contribution in [0.3, 0.4) is 0 Å². The molecule has 1 amide bonds. The number of hydrogen-bond donors (Lipinski definition) is 1. The number of rotatable bonds is 8. The predicted octanol–water partition coefficient (Wildman–Crippen LogP) is 4.83. The third kappa shape index (κ3) is 8.61. The number of nitrogens with one attached hydrogen (secondary N) is 1. The first-order valence-electron chi connectivity index (χ1n) is 8.66. The Kier molecular flexibility index (Phi) is 12.4. The first-order chi connectivity index (χ1) is 11.5. The summed E-state index contributed by atoms with van der Waals surface area (Å²) in [6.07, 6.45) is 8.80. The van der Waals surface area contributed by atoms with Crippen LogP contribution in [0.5, 0.6) is 11.5 Å². The van der Waals surface area contributed by atoms with Crippen molar-refractivity contribution in [3.63, 3.8) is 0 Å². The summed E-state index contributed by atoms with van der Waals surface area (Å²) in [5.41, 5.74) is 1.53. The lowest BCUT2D eigenvalue weighted by Crippen LogP contribution is -2.18. The lowest BCUT2D eigenvalue weighted by atomic mass is 10.1. The molecule has 1 N–H and O–H groups in total. The van der Waals surface area contributed by atoms with Crippen LogP contribution in [-0.2, 0) is 4.79 Å². The summed E-state index contributed by atoms with van der Waals surface area (Å²) in [5.74, 6) is 1.22. The van der Waals surface area contributed by atoms with E-state index < -0.39 is 0 Å². The molecule has 0 radical (unpaired) electrons. The monoisotopic (exact) mass is 335 g/mol. The summed E-state index contributed by atoms with van der Waals surface area (Å²) in [7, 11) is 4.77. The molecule has 0 atom stereocenters. The molecule has 0 aliphatic heterocycles. The van der Waals surface area contributed by atoms with Gasteiger partial charge in [0.05, 0.1) is 14.2 Å². The third-order valence-electron chi connectivity index (χ3n) is 3.58. The Labute approximate surface area is 147 Å². The molecule has 4 heteroatoms. The van der Waals surface area contributed by atoms with Crippen LogP contribution >= 0.6 is 0 Å². The highest BCUT2D eigenvalue weighted by molar-refractivity contribution is 5.97. The number of carbonyl (C=O) groups is 1. The van der Waals surface area contributed by atoms with Crippen LogP contribution in [0.4, 0.5) is 0 Å². The summed E-state index contributed by atoms with van der Waals surface area (Å²) in [4.78, 5) is 11.4. The van der Waals surface area contributed by atoms with E-state index in [1.807, 2.05) is 18.2 Å². The van der Waals surface area contributed by atoms with Crippen molar-refractivity contribution in [3.8, 4) is 11.5 Å². The van der Waals surface area contributed by atoms with E-state index in [1.54, 1.807) is 34.3 Å². The molecule has 0 saturated heterocycles. The molecule has 1 aromatic carbocycles. The first kappa shape index (κ1) is 22.0. The fourth-order valence-corrected chi connectivity index (χ4v) is 2.13. The number of amides is 1. The van der Waals surface area contributed by atoms with Crippen molar-refractivity contribution in [1.29, 1.82) is 0 Å². The van der Waals surface area contributed by atoms with Gasteiger partial charge in [-0.3, -0.25) is 4.79 Å². The highest BCUT2D eigenvalue weighted by Crippen LogP contribution is 2.28. The molecule has 0 fully saturated rings. The number of unbranched alkanes of at least 4 members (excludes halogenated alkanes) is 4. The van der Waals surface area contributed by atoms with Gasteiger partial charge in [0, 0.05) is 12.6 Å². The van der Waals surface area contributed by atoms with Crippen LogP contribution in [0.2, 0.25) is 0 Å². The zero-order valence-electron chi connectivity index (χ0n) is 16.1. The third-order valence-corrected chi connectivity index (χ3v) is 3.58. The molecule has 4 nitrogen and oxygen atoms in total. The SMILES string of the molecule is CCCCCCC.CNC(=O)/C(C)=C/c1ccc(OC)c(OC)c1. The average Bonchev–Trinajstić information content (AvgIpc) is 2.61. The molecule has 0 heterocycles. The van der Waals surface area contributed by atoms with E-state index in [0.717, 1.165) is 5.56 Å². The fourth-order valence-electron chi connectivity index (χ4n) is 2.13. The maximum atomic E-state index is 11.4. The molecule has 0 unspecified atom stereocenters. The summed E-state index contributed by atoms with van der Waals surface area (Å²) < 4.78 is 10.3. The molecular weight excluding hydrogens is 302 g/mol. The Bertz CT molecular complexity index is 506. The molecular formula is C20H33NO3. The van der Waals surface area contributed by atoms with Crippen molar-refractivity contribution in [2.75, 3.05) is 21.3 Å². The van der Waals surface area contributed by atoms with Crippen LogP contribution < -0.4 is 14.8 Å². The van der Waals surface area contributed by atoms with Crippen LogP contribution in [0.15, 0.2) is 23.8 Å². The smallest absolute Gasteiger partial charge is 0.246 e. The van der Waals surface area contributed by atoms with E-state index >= 15 is 0 Å². The summed E-state index contributed by atoms with van der Waals surface area (Å²) in [5, 5.41) is 2.57. The minimum atomic E-state index is -0.0974.